The van der Waals surface area contributed by atoms with Gasteiger partial charge in [0.2, 0.25) is 0 Å². The van der Waals surface area contributed by atoms with Gasteiger partial charge in [-0.05, 0) is 125 Å². The molecular weight excluding hydrogens is 764 g/mol. The minimum absolute atomic E-state index is 0.373. The Hall–Kier alpha value is -8.38. The summed E-state index contributed by atoms with van der Waals surface area (Å²) in [4.78, 5) is 3.63. The molecule has 0 aliphatic heterocycles. The van der Waals surface area contributed by atoms with Crippen LogP contribution >= 0.6 is 0 Å². The van der Waals surface area contributed by atoms with E-state index in [0.29, 0.717) is 44.9 Å². The number of fused-ring (bicyclic) bond motifs is 6. The predicted octanol–water partition coefficient (Wildman–Crippen LogP) is 14.5. The maximum atomic E-state index is 14.0. The number of alkyl halides is 3. The molecule has 0 N–H and O–H groups in total. The molecule has 5 nitrogen and oxygen atoms in total. The Balaban J connectivity index is 1.29. The number of nitrogens with zero attached hydrogens (tertiary/aromatic N) is 5. The first-order chi connectivity index (χ1) is 29.6. The summed E-state index contributed by atoms with van der Waals surface area (Å²) in [7, 11) is 0. The van der Waals surface area contributed by atoms with Crippen molar-refractivity contribution in [3.8, 4) is 56.9 Å². The van der Waals surface area contributed by atoms with E-state index in [4.69, 9.17) is 6.57 Å². The van der Waals surface area contributed by atoms with Crippen molar-refractivity contribution < 1.29 is 13.2 Å². The number of para-hydroxylation sites is 2. The van der Waals surface area contributed by atoms with Gasteiger partial charge in [0.15, 0.2) is 5.69 Å². The van der Waals surface area contributed by atoms with Gasteiger partial charge < -0.3 is 9.13 Å². The minimum Gasteiger partial charge on any atom is -0.308 e. The third-order valence-corrected chi connectivity index (χ3v) is 11.5. The van der Waals surface area contributed by atoms with Crippen molar-refractivity contribution in [2.75, 3.05) is 0 Å². The number of hydrogen-bond donors (Lipinski definition) is 0. The molecule has 0 amide bonds. The van der Waals surface area contributed by atoms with E-state index >= 15 is 0 Å². The highest BCUT2D eigenvalue weighted by atomic mass is 19.4. The van der Waals surface area contributed by atoms with Gasteiger partial charge in [0.05, 0.1) is 57.2 Å². The Morgan fingerprint density at radius 2 is 1.05 bits per heavy atom. The first-order valence-electron chi connectivity index (χ1n) is 19.5. The third-order valence-electron chi connectivity index (χ3n) is 11.5. The zero-order valence-electron chi connectivity index (χ0n) is 32.5. The Kier molecular flexibility index (Phi) is 8.58. The van der Waals surface area contributed by atoms with E-state index < -0.39 is 11.7 Å². The van der Waals surface area contributed by atoms with Crippen LogP contribution in [0.5, 0.6) is 0 Å². The van der Waals surface area contributed by atoms with E-state index in [1.54, 1.807) is 19.1 Å². The van der Waals surface area contributed by atoms with E-state index in [-0.39, 0.29) is 0 Å². The first-order valence-corrected chi connectivity index (χ1v) is 19.5. The van der Waals surface area contributed by atoms with Crippen LogP contribution in [-0.2, 0) is 6.18 Å². The third kappa shape index (κ3) is 6.08. The molecule has 0 bridgehead atoms. The summed E-state index contributed by atoms with van der Waals surface area (Å²) in [6.07, 6.45) is -4.51. The number of hydrogen-bond acceptors (Lipinski definition) is 2. The molecule has 0 unspecified atom stereocenters. The Bertz CT molecular complexity index is 3390. The highest BCUT2D eigenvalue weighted by Gasteiger charge is 2.31. The molecule has 288 valence electrons. The quantitative estimate of drug-likeness (QED) is 0.163. The van der Waals surface area contributed by atoms with Crippen LogP contribution in [0.4, 0.5) is 18.9 Å². The van der Waals surface area contributed by atoms with Crippen LogP contribution in [-0.4, -0.2) is 9.13 Å². The van der Waals surface area contributed by atoms with E-state index in [1.807, 2.05) is 121 Å². The molecule has 0 fully saturated rings. The molecule has 61 heavy (non-hydrogen) atoms. The molecule has 0 atom stereocenters. The number of aromatic nitrogens is 2. The van der Waals surface area contributed by atoms with Crippen molar-refractivity contribution in [2.24, 2.45) is 0 Å². The molecule has 2 aromatic heterocycles. The van der Waals surface area contributed by atoms with Crippen LogP contribution in [0.3, 0.4) is 0 Å². The molecule has 0 aliphatic rings. The lowest BCUT2D eigenvalue weighted by Gasteiger charge is -2.19. The number of nitriles is 2. The van der Waals surface area contributed by atoms with Crippen LogP contribution in [0.1, 0.15) is 22.3 Å². The molecule has 8 heteroatoms. The fourth-order valence-electron chi connectivity index (χ4n) is 8.75. The molecule has 8 aromatic carbocycles. The van der Waals surface area contributed by atoms with Gasteiger partial charge in [-0.1, -0.05) is 84.9 Å². The van der Waals surface area contributed by atoms with Gasteiger partial charge in [0.25, 0.3) is 0 Å². The second-order valence-corrected chi connectivity index (χ2v) is 15.1. The summed E-state index contributed by atoms with van der Waals surface area (Å²) in [5, 5.41) is 24.7. The van der Waals surface area contributed by atoms with E-state index in [9.17, 15) is 23.7 Å². The van der Waals surface area contributed by atoms with Crippen molar-refractivity contribution in [1.29, 1.82) is 10.5 Å². The van der Waals surface area contributed by atoms with Gasteiger partial charge in [-0.25, -0.2) is 4.85 Å². The molecule has 0 radical (unpaired) electrons. The highest BCUT2D eigenvalue weighted by Crippen LogP contribution is 2.43. The van der Waals surface area contributed by atoms with Crippen molar-refractivity contribution in [1.82, 2.24) is 9.13 Å². The lowest BCUT2D eigenvalue weighted by atomic mass is 9.95. The summed E-state index contributed by atoms with van der Waals surface area (Å²) < 4.78 is 46.1. The normalized spacial score (nSPS) is 11.6. The zero-order chi connectivity index (χ0) is 42.0. The van der Waals surface area contributed by atoms with Crippen molar-refractivity contribution in [3.63, 3.8) is 0 Å². The van der Waals surface area contributed by atoms with E-state index in [0.717, 1.165) is 71.9 Å². The van der Waals surface area contributed by atoms with Crippen LogP contribution < -0.4 is 0 Å². The number of rotatable bonds is 5. The SMILES string of the molecule is [C-]#[N+]c1cccc(-c2ccc3c(c2)c2ccccc2n3-c2cc(-c3ccc(C(F)(F)F)cc3C)cc(-n3c4ccccc4c4cc(-c5cccc(C#N)c5)ccc43)c2C#N)c1. The van der Waals surface area contributed by atoms with Crippen LogP contribution in [0.2, 0.25) is 0 Å². The van der Waals surface area contributed by atoms with Crippen LogP contribution in [0.15, 0.2) is 164 Å². The molecular formula is C53H30F3N5. The molecule has 0 spiro atoms. The smallest absolute Gasteiger partial charge is 0.308 e. The van der Waals surface area contributed by atoms with Crippen molar-refractivity contribution in [3.05, 3.63) is 197 Å². The first kappa shape index (κ1) is 36.9. The average Bonchev–Trinajstić information content (AvgIpc) is 3.80. The Morgan fingerprint density at radius 1 is 0.508 bits per heavy atom. The van der Waals surface area contributed by atoms with Crippen LogP contribution in [0, 0.1) is 36.2 Å². The number of aryl methyl sites for hydroxylation is 1. The van der Waals surface area contributed by atoms with Gasteiger partial charge in [0, 0.05) is 21.5 Å². The standard InChI is InChI=1S/C53H30F3N5/c1-32-23-39(53(54,55)56)19-20-41(32)38-28-51(60-47-15-5-3-13-42(47)44-26-36(17-21-49(44)60)34-10-7-9-33(24-34)30-57)46(31-58)52(29-38)61-48-16-6-4-14-43(48)45-27-37(18-22-50(45)61)35-11-8-12-40(25-35)59-2/h3-29H,1H3. The Labute approximate surface area is 348 Å². The van der Waals surface area contributed by atoms with Gasteiger partial charge in [0.1, 0.15) is 11.6 Å². The van der Waals surface area contributed by atoms with Crippen LogP contribution in [0.25, 0.3) is 93.2 Å². The molecule has 0 saturated heterocycles. The minimum atomic E-state index is -4.51. The van der Waals surface area contributed by atoms with E-state index in [2.05, 4.69) is 38.3 Å². The largest absolute Gasteiger partial charge is 0.416 e. The maximum absolute atomic E-state index is 14.0. The van der Waals surface area contributed by atoms with Crippen molar-refractivity contribution in [2.45, 2.75) is 13.1 Å². The molecule has 10 rings (SSSR count). The van der Waals surface area contributed by atoms with Crippen molar-refractivity contribution >= 4 is 49.3 Å². The highest BCUT2D eigenvalue weighted by molar-refractivity contribution is 6.12. The average molecular weight is 794 g/mol. The fraction of sp³-hybridized carbons (Fsp3) is 0.0377. The Morgan fingerprint density at radius 3 is 1.59 bits per heavy atom. The summed E-state index contributed by atoms with van der Waals surface area (Å²) in [6, 6.07) is 55.5. The lowest BCUT2D eigenvalue weighted by Crippen LogP contribution is -2.07. The summed E-state index contributed by atoms with van der Waals surface area (Å²) >= 11 is 0. The second kappa shape index (κ2) is 14.2. The monoisotopic (exact) mass is 793 g/mol. The van der Waals surface area contributed by atoms with Gasteiger partial charge >= 0.3 is 6.18 Å². The van der Waals surface area contributed by atoms with Gasteiger partial charge in [-0.15, -0.1) is 0 Å². The molecule has 10 aromatic rings. The topological polar surface area (TPSA) is 61.8 Å². The summed E-state index contributed by atoms with van der Waals surface area (Å²) in [5.74, 6) is 0. The summed E-state index contributed by atoms with van der Waals surface area (Å²) in [5.41, 5.74) is 10.6. The molecule has 2 heterocycles. The maximum Gasteiger partial charge on any atom is 0.416 e. The van der Waals surface area contributed by atoms with E-state index in [1.165, 1.54) is 12.1 Å². The predicted molar refractivity (Wildman–Crippen MR) is 237 cm³/mol. The fourth-order valence-corrected chi connectivity index (χ4v) is 8.75. The second-order valence-electron chi connectivity index (χ2n) is 15.1. The molecule has 0 aliphatic carbocycles. The number of benzene rings is 8. The molecule has 0 saturated carbocycles. The zero-order valence-corrected chi connectivity index (χ0v) is 32.5. The van der Waals surface area contributed by atoms with Gasteiger partial charge in [-0.2, -0.15) is 23.7 Å². The number of halogens is 3. The van der Waals surface area contributed by atoms with Gasteiger partial charge in [-0.3, -0.25) is 0 Å². The summed E-state index contributed by atoms with van der Waals surface area (Å²) in [6.45, 7) is 9.24. The lowest BCUT2D eigenvalue weighted by molar-refractivity contribution is -0.137.